The molecule has 1 saturated carbocycles. The lowest BCUT2D eigenvalue weighted by molar-refractivity contribution is -0.119. The number of nitrogens with one attached hydrogen (secondary N) is 1. The van der Waals surface area contributed by atoms with Crippen LogP contribution in [-0.4, -0.2) is 16.9 Å². The minimum atomic E-state index is 0.212. The summed E-state index contributed by atoms with van der Waals surface area (Å²) < 4.78 is 0. The van der Waals surface area contributed by atoms with Gasteiger partial charge < -0.3 is 5.32 Å². The van der Waals surface area contributed by atoms with E-state index < -0.39 is 0 Å². The first kappa shape index (κ1) is 14.0. The molecule has 0 aromatic heterocycles. The highest BCUT2D eigenvalue weighted by Crippen LogP contribution is 2.31. The normalized spacial score (nSPS) is 22.5. The molecule has 0 radical (unpaired) electrons. The highest BCUT2D eigenvalue weighted by atomic mass is 32.2. The van der Waals surface area contributed by atoms with Gasteiger partial charge in [-0.1, -0.05) is 37.1 Å². The van der Waals surface area contributed by atoms with Crippen molar-refractivity contribution in [1.82, 2.24) is 5.32 Å². The van der Waals surface area contributed by atoms with Crippen LogP contribution in [0.2, 0.25) is 0 Å². The monoisotopic (exact) mass is 289 g/mol. The van der Waals surface area contributed by atoms with Gasteiger partial charge in [0.1, 0.15) is 0 Å². The standard InChI is InChI=1S/C17H23NOS/c19-17(12-20-14-8-2-3-9-14)18-16-11-5-7-13-6-1-4-10-15(13)16/h1,4,6,10,14,16H,2-3,5,7-9,11-12H2,(H,18,19)/t16-/m0/s1. The molecule has 1 aromatic rings. The summed E-state index contributed by atoms with van der Waals surface area (Å²) in [6.07, 6.45) is 8.69. The fourth-order valence-corrected chi connectivity index (χ4v) is 4.53. The quantitative estimate of drug-likeness (QED) is 0.912. The number of carbonyl (C=O) groups is 1. The van der Waals surface area contributed by atoms with Crippen LogP contribution in [0.4, 0.5) is 0 Å². The molecule has 1 N–H and O–H groups in total. The maximum absolute atomic E-state index is 12.1. The first-order valence-corrected chi connectivity index (χ1v) is 8.86. The third-order valence-corrected chi connectivity index (χ3v) is 5.83. The number of hydrogen-bond acceptors (Lipinski definition) is 2. The molecule has 20 heavy (non-hydrogen) atoms. The van der Waals surface area contributed by atoms with Gasteiger partial charge in [-0.25, -0.2) is 0 Å². The molecule has 1 fully saturated rings. The molecule has 0 aliphatic heterocycles. The molecular weight excluding hydrogens is 266 g/mol. The number of carbonyl (C=O) groups excluding carboxylic acids is 1. The molecule has 0 heterocycles. The predicted molar refractivity (Wildman–Crippen MR) is 85.0 cm³/mol. The van der Waals surface area contributed by atoms with Crippen LogP contribution >= 0.6 is 11.8 Å². The third-order valence-electron chi connectivity index (χ3n) is 4.46. The molecule has 2 nitrogen and oxygen atoms in total. The number of hydrogen-bond donors (Lipinski definition) is 1. The van der Waals surface area contributed by atoms with Crippen LogP contribution < -0.4 is 5.32 Å². The van der Waals surface area contributed by atoms with Gasteiger partial charge in [-0.05, 0) is 43.2 Å². The molecule has 0 unspecified atom stereocenters. The van der Waals surface area contributed by atoms with Gasteiger partial charge in [0.25, 0.3) is 0 Å². The second kappa shape index (κ2) is 6.66. The Balaban J connectivity index is 1.54. The van der Waals surface area contributed by atoms with Crippen LogP contribution in [0.1, 0.15) is 55.7 Å². The van der Waals surface area contributed by atoms with Crippen LogP contribution in [-0.2, 0) is 11.2 Å². The molecule has 1 amide bonds. The second-order valence-electron chi connectivity index (χ2n) is 5.93. The fourth-order valence-electron chi connectivity index (χ4n) is 3.39. The lowest BCUT2D eigenvalue weighted by Gasteiger charge is -2.26. The number of aryl methyl sites for hydroxylation is 1. The molecule has 0 spiro atoms. The summed E-state index contributed by atoms with van der Waals surface area (Å²) in [4.78, 5) is 12.1. The Hall–Kier alpha value is -0.960. The number of thioether (sulfide) groups is 1. The summed E-state index contributed by atoms with van der Waals surface area (Å²) in [5.74, 6) is 0.840. The summed E-state index contributed by atoms with van der Waals surface area (Å²) in [5.41, 5.74) is 2.74. The Morgan fingerprint density at radius 1 is 1.15 bits per heavy atom. The summed E-state index contributed by atoms with van der Waals surface area (Å²) >= 11 is 1.85. The fraction of sp³-hybridized carbons (Fsp3) is 0.588. The van der Waals surface area contributed by atoms with Gasteiger partial charge >= 0.3 is 0 Å². The van der Waals surface area contributed by atoms with E-state index in [0.29, 0.717) is 5.75 Å². The van der Waals surface area contributed by atoms with Crippen molar-refractivity contribution in [2.24, 2.45) is 0 Å². The van der Waals surface area contributed by atoms with Crippen molar-refractivity contribution in [1.29, 1.82) is 0 Å². The van der Waals surface area contributed by atoms with E-state index in [4.69, 9.17) is 0 Å². The van der Waals surface area contributed by atoms with Gasteiger partial charge in [-0.2, -0.15) is 0 Å². The Kier molecular flexibility index (Phi) is 4.66. The summed E-state index contributed by atoms with van der Waals surface area (Å²) in [6, 6.07) is 8.77. The summed E-state index contributed by atoms with van der Waals surface area (Å²) in [6.45, 7) is 0. The van der Waals surface area contributed by atoms with Gasteiger partial charge in [0, 0.05) is 5.25 Å². The minimum Gasteiger partial charge on any atom is -0.349 e. The Labute approximate surface area is 125 Å². The van der Waals surface area contributed by atoms with E-state index in [1.54, 1.807) is 0 Å². The maximum Gasteiger partial charge on any atom is 0.230 e. The lowest BCUT2D eigenvalue weighted by atomic mass is 9.88. The lowest BCUT2D eigenvalue weighted by Crippen LogP contribution is -2.32. The highest BCUT2D eigenvalue weighted by molar-refractivity contribution is 8.00. The maximum atomic E-state index is 12.1. The zero-order valence-corrected chi connectivity index (χ0v) is 12.8. The van der Waals surface area contributed by atoms with Gasteiger partial charge in [-0.15, -0.1) is 11.8 Å². The van der Waals surface area contributed by atoms with Crippen LogP contribution in [0.3, 0.4) is 0 Å². The number of fused-ring (bicyclic) bond motifs is 1. The zero-order valence-electron chi connectivity index (χ0n) is 11.9. The van der Waals surface area contributed by atoms with Crippen molar-refractivity contribution in [3.63, 3.8) is 0 Å². The van der Waals surface area contributed by atoms with Crippen LogP contribution in [0.25, 0.3) is 0 Å². The van der Waals surface area contributed by atoms with Crippen molar-refractivity contribution in [3.05, 3.63) is 35.4 Å². The largest absolute Gasteiger partial charge is 0.349 e. The zero-order chi connectivity index (χ0) is 13.8. The van der Waals surface area contributed by atoms with Gasteiger partial charge in [0.2, 0.25) is 5.91 Å². The van der Waals surface area contributed by atoms with E-state index in [-0.39, 0.29) is 11.9 Å². The molecule has 3 rings (SSSR count). The van der Waals surface area contributed by atoms with E-state index in [9.17, 15) is 4.79 Å². The predicted octanol–water partition coefficient (Wildman–Crippen LogP) is 3.86. The van der Waals surface area contributed by atoms with Crippen LogP contribution in [0, 0.1) is 0 Å². The molecule has 108 valence electrons. The van der Waals surface area contributed by atoms with E-state index in [1.807, 2.05) is 11.8 Å². The van der Waals surface area contributed by atoms with E-state index in [0.717, 1.165) is 18.1 Å². The molecule has 2 aliphatic rings. The van der Waals surface area contributed by atoms with E-state index in [1.165, 1.54) is 43.2 Å². The smallest absolute Gasteiger partial charge is 0.230 e. The average Bonchev–Trinajstić information content (AvgIpc) is 2.99. The van der Waals surface area contributed by atoms with Crippen molar-refractivity contribution in [2.75, 3.05) is 5.75 Å². The van der Waals surface area contributed by atoms with Crippen LogP contribution in [0.5, 0.6) is 0 Å². The average molecular weight is 289 g/mol. The Morgan fingerprint density at radius 2 is 1.95 bits per heavy atom. The third kappa shape index (κ3) is 3.38. The molecule has 0 bridgehead atoms. The van der Waals surface area contributed by atoms with Crippen molar-refractivity contribution in [2.45, 2.75) is 56.2 Å². The first-order chi connectivity index (χ1) is 9.83. The number of amides is 1. The van der Waals surface area contributed by atoms with E-state index in [2.05, 4.69) is 29.6 Å². The molecule has 3 heteroatoms. The minimum absolute atomic E-state index is 0.212. The Morgan fingerprint density at radius 3 is 2.80 bits per heavy atom. The summed E-state index contributed by atoms with van der Waals surface area (Å²) in [5, 5.41) is 3.96. The summed E-state index contributed by atoms with van der Waals surface area (Å²) in [7, 11) is 0. The topological polar surface area (TPSA) is 29.1 Å². The van der Waals surface area contributed by atoms with Crippen molar-refractivity contribution < 1.29 is 4.79 Å². The molecule has 0 saturated heterocycles. The first-order valence-electron chi connectivity index (χ1n) is 7.82. The highest BCUT2D eigenvalue weighted by Gasteiger charge is 2.22. The number of benzene rings is 1. The van der Waals surface area contributed by atoms with Crippen molar-refractivity contribution in [3.8, 4) is 0 Å². The second-order valence-corrected chi connectivity index (χ2v) is 7.22. The van der Waals surface area contributed by atoms with Gasteiger partial charge in [-0.3, -0.25) is 4.79 Å². The Bertz CT molecular complexity index is 468. The molecule has 2 aliphatic carbocycles. The molecule has 1 aromatic carbocycles. The molecule has 1 atom stereocenters. The SMILES string of the molecule is O=C(CSC1CCCC1)N[C@H]1CCCc2ccccc21. The van der Waals surface area contributed by atoms with Crippen molar-refractivity contribution >= 4 is 17.7 Å². The molecular formula is C17H23NOS. The van der Waals surface area contributed by atoms with E-state index >= 15 is 0 Å². The van der Waals surface area contributed by atoms with Crippen LogP contribution in [0.15, 0.2) is 24.3 Å². The number of rotatable bonds is 4. The van der Waals surface area contributed by atoms with Gasteiger partial charge in [0.15, 0.2) is 0 Å². The van der Waals surface area contributed by atoms with Gasteiger partial charge in [0.05, 0.1) is 11.8 Å².